The highest BCUT2D eigenvalue weighted by Crippen LogP contribution is 2.18. The lowest BCUT2D eigenvalue weighted by molar-refractivity contribution is -0.236. The molecule has 1 aliphatic heterocycles. The van der Waals surface area contributed by atoms with E-state index in [0.29, 0.717) is 0 Å². The molecule has 1 fully saturated rings. The zero-order valence-corrected chi connectivity index (χ0v) is 6.12. The fourth-order valence-corrected chi connectivity index (χ4v) is 1.06. The van der Waals surface area contributed by atoms with E-state index in [1.165, 1.54) is 0 Å². The molecule has 0 spiro atoms. The zero-order valence-electron chi connectivity index (χ0n) is 6.12. The van der Waals surface area contributed by atoms with Crippen LogP contribution in [0, 0.1) is 0 Å². The Morgan fingerprint density at radius 2 is 1.92 bits per heavy atom. The molecule has 0 aromatic carbocycles. The van der Waals surface area contributed by atoms with Gasteiger partial charge in [-0.15, -0.1) is 0 Å². The summed E-state index contributed by atoms with van der Waals surface area (Å²) in [7, 11) is 0. The molecule has 0 radical (unpaired) electrons. The van der Waals surface area contributed by atoms with Crippen LogP contribution in [0.25, 0.3) is 0 Å². The summed E-state index contributed by atoms with van der Waals surface area (Å²) in [5, 5.41) is 35.4. The first kappa shape index (κ1) is 9.40. The Morgan fingerprint density at radius 1 is 1.33 bits per heavy atom. The third kappa shape index (κ3) is 1.72. The number of carboxylic acid groups (broad SMARTS) is 1. The maximum Gasteiger partial charge on any atom is 0.335 e. The highest BCUT2D eigenvalue weighted by molar-refractivity contribution is 5.73. The summed E-state index contributed by atoms with van der Waals surface area (Å²) in [5.74, 6) is -1.40. The van der Waals surface area contributed by atoms with Crippen molar-refractivity contribution in [2.45, 2.75) is 31.0 Å². The van der Waals surface area contributed by atoms with E-state index in [1.807, 2.05) is 0 Å². The minimum absolute atomic E-state index is 0.176. The molecule has 1 saturated heterocycles. The van der Waals surface area contributed by atoms with Crippen molar-refractivity contribution >= 4 is 5.97 Å². The fraction of sp³-hybridized carbons (Fsp3) is 0.833. The molecule has 0 aliphatic carbocycles. The van der Waals surface area contributed by atoms with Crippen molar-refractivity contribution in [3.63, 3.8) is 0 Å². The van der Waals surface area contributed by atoms with Crippen molar-refractivity contribution in [3.8, 4) is 0 Å². The summed E-state index contributed by atoms with van der Waals surface area (Å²) >= 11 is 0. The molecular weight excluding hydrogens is 168 g/mol. The monoisotopic (exact) mass is 178 g/mol. The van der Waals surface area contributed by atoms with Gasteiger partial charge in [0.15, 0.2) is 12.4 Å². The van der Waals surface area contributed by atoms with Crippen molar-refractivity contribution in [1.29, 1.82) is 0 Å². The quantitative estimate of drug-likeness (QED) is 0.366. The molecule has 4 N–H and O–H groups in total. The van der Waals surface area contributed by atoms with Gasteiger partial charge in [-0.05, 0) is 0 Å². The van der Waals surface area contributed by atoms with E-state index in [2.05, 4.69) is 4.74 Å². The van der Waals surface area contributed by atoms with Crippen LogP contribution >= 0.6 is 0 Å². The molecule has 0 saturated carbocycles. The Labute approximate surface area is 68.0 Å². The molecule has 70 valence electrons. The first-order valence-electron chi connectivity index (χ1n) is 3.45. The van der Waals surface area contributed by atoms with Crippen LogP contribution in [0.3, 0.4) is 0 Å². The summed E-state index contributed by atoms with van der Waals surface area (Å²) in [6, 6.07) is 0. The summed E-state index contributed by atoms with van der Waals surface area (Å²) in [6.07, 6.45) is -5.79. The van der Waals surface area contributed by atoms with E-state index in [9.17, 15) is 4.79 Å². The molecule has 0 aromatic rings. The number of carbonyl (C=O) groups is 1. The van der Waals surface area contributed by atoms with Gasteiger partial charge in [-0.2, -0.15) is 0 Å². The summed E-state index contributed by atoms with van der Waals surface area (Å²) in [4.78, 5) is 10.3. The molecule has 1 aliphatic rings. The molecule has 6 nitrogen and oxygen atoms in total. The van der Waals surface area contributed by atoms with Gasteiger partial charge in [-0.25, -0.2) is 4.79 Å². The van der Waals surface area contributed by atoms with E-state index in [4.69, 9.17) is 20.4 Å². The van der Waals surface area contributed by atoms with Crippen LogP contribution in [0.5, 0.6) is 0 Å². The lowest BCUT2D eigenvalue weighted by Crippen LogP contribution is -2.51. The summed E-state index contributed by atoms with van der Waals surface area (Å²) < 4.78 is 4.48. The Hall–Kier alpha value is -0.690. The van der Waals surface area contributed by atoms with Crippen molar-refractivity contribution in [3.05, 3.63) is 0 Å². The molecule has 1 heterocycles. The van der Waals surface area contributed by atoms with Gasteiger partial charge in [-0.3, -0.25) is 0 Å². The predicted molar refractivity (Wildman–Crippen MR) is 35.1 cm³/mol. The minimum atomic E-state index is -1.55. The van der Waals surface area contributed by atoms with Gasteiger partial charge in [0.25, 0.3) is 0 Å². The Morgan fingerprint density at radius 3 is 2.42 bits per heavy atom. The van der Waals surface area contributed by atoms with Crippen molar-refractivity contribution in [2.75, 3.05) is 0 Å². The second-order valence-corrected chi connectivity index (χ2v) is 2.64. The smallest absolute Gasteiger partial charge is 0.335 e. The number of aliphatic hydroxyl groups is 3. The number of aliphatic carboxylic acids is 1. The Bertz CT molecular complexity index is 181. The molecule has 6 heteroatoms. The number of rotatable bonds is 1. The Kier molecular flexibility index (Phi) is 2.63. The number of ether oxygens (including phenoxy) is 1. The minimum Gasteiger partial charge on any atom is -0.479 e. The molecule has 0 amide bonds. The van der Waals surface area contributed by atoms with Crippen molar-refractivity contribution in [1.82, 2.24) is 0 Å². The molecular formula is C6H10O6. The molecule has 0 aromatic heterocycles. The van der Waals surface area contributed by atoms with Crippen LogP contribution in [-0.2, 0) is 9.53 Å². The first-order chi connectivity index (χ1) is 5.52. The number of carboxylic acids is 1. The van der Waals surface area contributed by atoms with Gasteiger partial charge >= 0.3 is 5.97 Å². The van der Waals surface area contributed by atoms with E-state index in [0.717, 1.165) is 0 Å². The highest BCUT2D eigenvalue weighted by Gasteiger charge is 2.40. The second-order valence-electron chi connectivity index (χ2n) is 2.64. The third-order valence-corrected chi connectivity index (χ3v) is 1.69. The summed E-state index contributed by atoms with van der Waals surface area (Å²) in [5.41, 5.74) is 0. The maximum absolute atomic E-state index is 10.3. The molecule has 12 heavy (non-hydrogen) atoms. The van der Waals surface area contributed by atoms with Gasteiger partial charge in [0, 0.05) is 6.42 Å². The topological polar surface area (TPSA) is 107 Å². The van der Waals surface area contributed by atoms with Crippen LogP contribution < -0.4 is 0 Å². The average molecular weight is 178 g/mol. The van der Waals surface area contributed by atoms with E-state index >= 15 is 0 Å². The highest BCUT2D eigenvalue weighted by atomic mass is 16.6. The van der Waals surface area contributed by atoms with Gasteiger partial charge in [-0.1, -0.05) is 0 Å². The lowest BCUT2D eigenvalue weighted by Gasteiger charge is -2.32. The van der Waals surface area contributed by atoms with Crippen LogP contribution in [0.15, 0.2) is 0 Å². The fourth-order valence-electron chi connectivity index (χ4n) is 1.06. The van der Waals surface area contributed by atoms with Crippen LogP contribution in [-0.4, -0.2) is 51.0 Å². The van der Waals surface area contributed by atoms with Crippen LogP contribution in [0.2, 0.25) is 0 Å². The predicted octanol–water partition coefficient (Wildman–Crippen LogP) is -2.10. The standard InChI is InChI=1S/C6H10O6/c7-2-1-3(8)12-5(4(2)9)6(10)11/h2-5,7-9H,1H2,(H,10,11)/t2-,3+,4+,5+/m1/s1. The third-order valence-electron chi connectivity index (χ3n) is 1.69. The molecule has 4 atom stereocenters. The lowest BCUT2D eigenvalue weighted by atomic mass is 10.0. The largest absolute Gasteiger partial charge is 0.479 e. The Balaban J connectivity index is 2.66. The van der Waals surface area contributed by atoms with Gasteiger partial charge in [0.2, 0.25) is 0 Å². The number of aliphatic hydroxyl groups excluding tert-OH is 3. The molecule has 1 rings (SSSR count). The number of hydrogen-bond acceptors (Lipinski definition) is 5. The maximum atomic E-state index is 10.3. The number of hydrogen-bond donors (Lipinski definition) is 4. The second kappa shape index (κ2) is 3.36. The van der Waals surface area contributed by atoms with Crippen molar-refractivity contribution < 1.29 is 30.0 Å². The zero-order chi connectivity index (χ0) is 9.30. The van der Waals surface area contributed by atoms with E-state index < -0.39 is 30.6 Å². The first-order valence-corrected chi connectivity index (χ1v) is 3.45. The van der Waals surface area contributed by atoms with Gasteiger partial charge in [0.05, 0.1) is 6.10 Å². The van der Waals surface area contributed by atoms with Gasteiger partial charge < -0.3 is 25.2 Å². The SMILES string of the molecule is O=C(O)[C@H]1O[C@H](O)C[C@@H](O)[C@@H]1O. The average Bonchev–Trinajstić information content (AvgIpc) is 1.96. The van der Waals surface area contributed by atoms with Gasteiger partial charge in [0.1, 0.15) is 6.10 Å². The van der Waals surface area contributed by atoms with Crippen molar-refractivity contribution in [2.24, 2.45) is 0 Å². The van der Waals surface area contributed by atoms with Crippen LogP contribution in [0.1, 0.15) is 6.42 Å². The molecule has 0 unspecified atom stereocenters. The molecule has 0 bridgehead atoms. The van der Waals surface area contributed by atoms with Crippen LogP contribution in [0.4, 0.5) is 0 Å². The summed E-state index contributed by atoms with van der Waals surface area (Å²) in [6.45, 7) is 0. The van der Waals surface area contributed by atoms with E-state index in [1.54, 1.807) is 0 Å². The van der Waals surface area contributed by atoms with E-state index in [-0.39, 0.29) is 6.42 Å². The normalized spacial score (nSPS) is 42.6.